The second-order valence-corrected chi connectivity index (χ2v) is 11.3. The lowest BCUT2D eigenvalue weighted by Gasteiger charge is -2.45. The third kappa shape index (κ3) is 5.67. The van der Waals surface area contributed by atoms with Crippen LogP contribution >= 0.6 is 0 Å². The van der Waals surface area contributed by atoms with Crippen LogP contribution in [0.1, 0.15) is 86.0 Å². The summed E-state index contributed by atoms with van der Waals surface area (Å²) in [5.74, 6) is 0.448. The molecule has 2 fully saturated rings. The lowest BCUT2D eigenvalue weighted by atomic mass is 9.62. The molecule has 2 saturated carbocycles. The van der Waals surface area contributed by atoms with Crippen LogP contribution in [0.4, 0.5) is 0 Å². The van der Waals surface area contributed by atoms with Crippen molar-refractivity contribution in [2.45, 2.75) is 109 Å². The largest absolute Gasteiger partial charge is 0.393 e. The molecule has 0 aromatic carbocycles. The van der Waals surface area contributed by atoms with Crippen molar-refractivity contribution in [3.05, 3.63) is 59.3 Å². The standard InChI is InChI=1S/C30H46O4/c1-7-30(33,8-2)17-10-18-34-28(4,5)27-15-14-25-22(11-9-16-29(25,27)6)12-13-23-19-24(31)20-26(32)21(23)3/h10,12-13,15,17,24-26,31-33H,3,7-9,11,14,16,18-20H2,1-2,4-6H3/t24-,25+,26+,29+/m1/s1. The van der Waals surface area contributed by atoms with Gasteiger partial charge in [0.25, 0.3) is 0 Å². The molecule has 4 atom stereocenters. The van der Waals surface area contributed by atoms with E-state index in [0.29, 0.717) is 38.2 Å². The summed E-state index contributed by atoms with van der Waals surface area (Å²) in [5.41, 5.74) is 3.47. The third-order valence-corrected chi connectivity index (χ3v) is 8.66. The predicted molar refractivity (Wildman–Crippen MR) is 139 cm³/mol. The van der Waals surface area contributed by atoms with E-state index in [0.717, 1.165) is 36.8 Å². The highest BCUT2D eigenvalue weighted by Crippen LogP contribution is 2.57. The molecular formula is C30H46O4. The molecule has 0 amide bonds. The van der Waals surface area contributed by atoms with Crippen LogP contribution < -0.4 is 0 Å². The van der Waals surface area contributed by atoms with Crippen molar-refractivity contribution in [1.82, 2.24) is 0 Å². The summed E-state index contributed by atoms with van der Waals surface area (Å²) < 4.78 is 6.38. The Morgan fingerprint density at radius 2 is 1.91 bits per heavy atom. The Morgan fingerprint density at radius 3 is 2.59 bits per heavy atom. The van der Waals surface area contributed by atoms with Gasteiger partial charge in [0.1, 0.15) is 0 Å². The average Bonchev–Trinajstić information content (AvgIpc) is 3.16. The molecule has 0 bridgehead atoms. The van der Waals surface area contributed by atoms with Gasteiger partial charge >= 0.3 is 0 Å². The summed E-state index contributed by atoms with van der Waals surface area (Å²) in [6.45, 7) is 15.3. The zero-order chi connectivity index (χ0) is 25.1. The SMILES string of the molecule is C=C1C(=CC=C2CCC[C@]3(C)C(C(C)(C)OCC=CC(O)(CC)CC)=CC[C@@H]23)C[C@@H](O)C[C@@H]1O. The number of rotatable bonds is 8. The summed E-state index contributed by atoms with van der Waals surface area (Å²) in [6, 6.07) is 0. The smallest absolute Gasteiger partial charge is 0.0845 e. The number of ether oxygens (including phenoxy) is 1. The van der Waals surface area contributed by atoms with E-state index in [1.807, 2.05) is 26.0 Å². The van der Waals surface area contributed by atoms with Crippen LogP contribution in [0.3, 0.4) is 0 Å². The average molecular weight is 471 g/mol. The maximum Gasteiger partial charge on any atom is 0.0845 e. The minimum absolute atomic E-state index is 0.0615. The van der Waals surface area contributed by atoms with E-state index < -0.39 is 17.8 Å². The number of aliphatic hydroxyl groups is 3. The summed E-state index contributed by atoms with van der Waals surface area (Å²) in [4.78, 5) is 0. The van der Waals surface area contributed by atoms with Crippen LogP contribution in [0.15, 0.2) is 59.3 Å². The van der Waals surface area contributed by atoms with Gasteiger partial charge in [0.15, 0.2) is 0 Å². The first kappa shape index (κ1) is 27.1. The van der Waals surface area contributed by atoms with E-state index in [-0.39, 0.29) is 11.0 Å². The molecule has 0 unspecified atom stereocenters. The van der Waals surface area contributed by atoms with Gasteiger partial charge in [-0.1, -0.05) is 63.3 Å². The molecule has 3 N–H and O–H groups in total. The van der Waals surface area contributed by atoms with Crippen molar-refractivity contribution in [3.8, 4) is 0 Å². The Hall–Kier alpha value is -1.46. The number of allylic oxidation sites excluding steroid dienone is 4. The maximum atomic E-state index is 10.5. The van der Waals surface area contributed by atoms with Gasteiger partial charge in [-0.2, -0.15) is 0 Å². The quantitative estimate of drug-likeness (QED) is 0.383. The van der Waals surface area contributed by atoms with Crippen molar-refractivity contribution < 1.29 is 20.1 Å². The number of fused-ring (bicyclic) bond motifs is 1. The highest BCUT2D eigenvalue weighted by molar-refractivity contribution is 5.41. The fraction of sp³-hybridized carbons (Fsp3) is 0.667. The molecule has 34 heavy (non-hydrogen) atoms. The summed E-state index contributed by atoms with van der Waals surface area (Å²) in [7, 11) is 0. The van der Waals surface area contributed by atoms with E-state index in [1.165, 1.54) is 11.1 Å². The Kier molecular flexibility index (Phi) is 8.50. The van der Waals surface area contributed by atoms with Crippen LogP contribution in [0.25, 0.3) is 0 Å². The molecule has 0 aromatic rings. The van der Waals surface area contributed by atoms with Gasteiger partial charge in [-0.05, 0) is 86.8 Å². The molecule has 0 aromatic heterocycles. The van der Waals surface area contributed by atoms with Crippen molar-refractivity contribution in [2.75, 3.05) is 6.61 Å². The van der Waals surface area contributed by atoms with Crippen LogP contribution in [0, 0.1) is 11.3 Å². The van der Waals surface area contributed by atoms with E-state index in [1.54, 1.807) is 0 Å². The lowest BCUT2D eigenvalue weighted by molar-refractivity contribution is 0.00660. The second kappa shape index (κ2) is 10.7. The predicted octanol–water partition coefficient (Wildman–Crippen LogP) is 5.95. The third-order valence-electron chi connectivity index (χ3n) is 8.66. The summed E-state index contributed by atoms with van der Waals surface area (Å²) in [5, 5.41) is 30.7. The van der Waals surface area contributed by atoms with E-state index in [4.69, 9.17) is 4.74 Å². The Morgan fingerprint density at radius 1 is 1.21 bits per heavy atom. The second-order valence-electron chi connectivity index (χ2n) is 11.3. The molecule has 0 saturated heterocycles. The fourth-order valence-electron chi connectivity index (χ4n) is 6.31. The van der Waals surface area contributed by atoms with Gasteiger partial charge in [0, 0.05) is 6.42 Å². The zero-order valence-corrected chi connectivity index (χ0v) is 21.9. The van der Waals surface area contributed by atoms with Crippen LogP contribution in [0.5, 0.6) is 0 Å². The molecule has 4 heteroatoms. The van der Waals surface area contributed by atoms with Crippen molar-refractivity contribution in [1.29, 1.82) is 0 Å². The molecular weight excluding hydrogens is 424 g/mol. The van der Waals surface area contributed by atoms with Gasteiger partial charge in [-0.25, -0.2) is 0 Å². The minimum atomic E-state index is -0.746. The molecule has 4 nitrogen and oxygen atoms in total. The van der Waals surface area contributed by atoms with Crippen LogP contribution in [0.2, 0.25) is 0 Å². The van der Waals surface area contributed by atoms with Crippen molar-refractivity contribution in [2.24, 2.45) is 11.3 Å². The Balaban J connectivity index is 1.73. The highest BCUT2D eigenvalue weighted by atomic mass is 16.5. The summed E-state index contributed by atoms with van der Waals surface area (Å²) in [6.07, 6.45) is 16.1. The van der Waals surface area contributed by atoms with Crippen molar-refractivity contribution >= 4 is 0 Å². The zero-order valence-electron chi connectivity index (χ0n) is 21.9. The first-order valence-electron chi connectivity index (χ1n) is 13.2. The van der Waals surface area contributed by atoms with Gasteiger partial charge in [-0.3, -0.25) is 0 Å². The molecule has 0 aliphatic heterocycles. The number of hydrogen-bond donors (Lipinski definition) is 3. The molecule has 0 heterocycles. The summed E-state index contributed by atoms with van der Waals surface area (Å²) >= 11 is 0. The van der Waals surface area contributed by atoms with E-state index in [9.17, 15) is 15.3 Å². The fourth-order valence-corrected chi connectivity index (χ4v) is 6.31. The molecule has 3 aliphatic carbocycles. The first-order valence-corrected chi connectivity index (χ1v) is 13.2. The first-order chi connectivity index (χ1) is 16.0. The van der Waals surface area contributed by atoms with Gasteiger partial charge in [0.2, 0.25) is 0 Å². The monoisotopic (exact) mass is 470 g/mol. The topological polar surface area (TPSA) is 69.9 Å². The minimum Gasteiger partial charge on any atom is -0.393 e. The maximum absolute atomic E-state index is 10.5. The molecule has 0 radical (unpaired) electrons. The van der Waals surface area contributed by atoms with Gasteiger partial charge in [-0.15, -0.1) is 0 Å². The molecule has 3 rings (SSSR count). The highest BCUT2D eigenvalue weighted by Gasteiger charge is 2.49. The van der Waals surface area contributed by atoms with E-state index >= 15 is 0 Å². The Labute approximate surface area is 206 Å². The number of aliphatic hydroxyl groups excluding tert-OH is 2. The van der Waals surface area contributed by atoms with Crippen molar-refractivity contribution in [3.63, 3.8) is 0 Å². The van der Waals surface area contributed by atoms with Gasteiger partial charge in [0.05, 0.1) is 30.0 Å². The lowest BCUT2D eigenvalue weighted by Crippen LogP contribution is -2.40. The normalized spacial score (nSPS) is 33.1. The molecule has 3 aliphatic rings. The number of hydrogen-bond acceptors (Lipinski definition) is 4. The molecule has 190 valence electrons. The van der Waals surface area contributed by atoms with Crippen LogP contribution in [-0.2, 0) is 4.74 Å². The van der Waals surface area contributed by atoms with Gasteiger partial charge < -0.3 is 20.1 Å². The Bertz CT molecular complexity index is 870. The van der Waals surface area contributed by atoms with E-state index in [2.05, 4.69) is 45.6 Å². The molecule has 0 spiro atoms. The van der Waals surface area contributed by atoms with Crippen LogP contribution in [-0.4, -0.2) is 45.3 Å².